The summed E-state index contributed by atoms with van der Waals surface area (Å²) >= 11 is 0. The van der Waals surface area contributed by atoms with Crippen LogP contribution in [-0.4, -0.2) is 11.3 Å². The van der Waals surface area contributed by atoms with E-state index >= 15 is 0 Å². The van der Waals surface area contributed by atoms with E-state index in [4.69, 9.17) is 0 Å². The number of hydrogen-bond donors (Lipinski definition) is 0. The molecule has 1 aliphatic carbocycles. The summed E-state index contributed by atoms with van der Waals surface area (Å²) < 4.78 is 0. The summed E-state index contributed by atoms with van der Waals surface area (Å²) in [5.41, 5.74) is 2.03. The highest BCUT2D eigenvalue weighted by Crippen LogP contribution is 2.40. The molecular formula is C11H11NO. The van der Waals surface area contributed by atoms with Gasteiger partial charge in [0.05, 0.1) is 5.69 Å². The SMILES string of the molecule is O=C/C=C(/c1ccccn1)C1CC1. The lowest BCUT2D eigenvalue weighted by Gasteiger charge is -2.02. The minimum atomic E-state index is 0.570. The lowest BCUT2D eigenvalue weighted by Crippen LogP contribution is -1.90. The van der Waals surface area contributed by atoms with E-state index < -0.39 is 0 Å². The Morgan fingerprint density at radius 3 is 2.85 bits per heavy atom. The fourth-order valence-electron chi connectivity index (χ4n) is 1.43. The molecule has 0 amide bonds. The molecule has 0 aliphatic heterocycles. The number of hydrogen-bond acceptors (Lipinski definition) is 2. The number of pyridine rings is 1. The van der Waals surface area contributed by atoms with E-state index in [1.165, 1.54) is 12.8 Å². The van der Waals surface area contributed by atoms with Gasteiger partial charge in [-0.15, -0.1) is 0 Å². The second kappa shape index (κ2) is 3.52. The van der Waals surface area contributed by atoms with Gasteiger partial charge in [-0.2, -0.15) is 0 Å². The van der Waals surface area contributed by atoms with Crippen LogP contribution < -0.4 is 0 Å². The smallest absolute Gasteiger partial charge is 0.143 e. The molecule has 0 saturated heterocycles. The van der Waals surface area contributed by atoms with Crippen molar-refractivity contribution in [2.75, 3.05) is 0 Å². The first-order valence-corrected chi connectivity index (χ1v) is 4.48. The molecule has 0 bridgehead atoms. The molecule has 2 heteroatoms. The quantitative estimate of drug-likeness (QED) is 0.517. The predicted molar refractivity (Wildman–Crippen MR) is 51.0 cm³/mol. The number of carbonyl (C=O) groups excluding carboxylic acids is 1. The van der Waals surface area contributed by atoms with Gasteiger partial charge in [-0.25, -0.2) is 0 Å². The lowest BCUT2D eigenvalue weighted by atomic mass is 10.1. The molecule has 1 aromatic heterocycles. The third kappa shape index (κ3) is 1.83. The van der Waals surface area contributed by atoms with E-state index in [9.17, 15) is 4.79 Å². The number of nitrogens with zero attached hydrogens (tertiary/aromatic N) is 1. The molecule has 0 atom stereocenters. The Balaban J connectivity index is 2.30. The van der Waals surface area contributed by atoms with E-state index in [0.29, 0.717) is 5.92 Å². The van der Waals surface area contributed by atoms with Gasteiger partial charge >= 0.3 is 0 Å². The summed E-state index contributed by atoms with van der Waals surface area (Å²) in [6, 6.07) is 5.78. The Bertz CT molecular complexity index is 325. The van der Waals surface area contributed by atoms with E-state index in [0.717, 1.165) is 17.6 Å². The van der Waals surface area contributed by atoms with Gasteiger partial charge in [0, 0.05) is 6.20 Å². The topological polar surface area (TPSA) is 30.0 Å². The van der Waals surface area contributed by atoms with Crippen molar-refractivity contribution >= 4 is 11.9 Å². The van der Waals surface area contributed by atoms with Crippen LogP contribution in [0.4, 0.5) is 0 Å². The van der Waals surface area contributed by atoms with Crippen molar-refractivity contribution in [3.8, 4) is 0 Å². The average Bonchev–Trinajstić information content (AvgIpc) is 2.99. The van der Waals surface area contributed by atoms with Crippen molar-refractivity contribution in [3.63, 3.8) is 0 Å². The molecule has 0 radical (unpaired) electrons. The van der Waals surface area contributed by atoms with E-state index in [2.05, 4.69) is 4.98 Å². The first-order valence-electron chi connectivity index (χ1n) is 4.48. The van der Waals surface area contributed by atoms with Crippen LogP contribution in [0.2, 0.25) is 0 Å². The highest BCUT2D eigenvalue weighted by molar-refractivity contribution is 5.82. The van der Waals surface area contributed by atoms with E-state index in [1.807, 2.05) is 18.2 Å². The number of aromatic nitrogens is 1. The molecule has 1 aliphatic rings. The molecule has 1 fully saturated rings. The van der Waals surface area contributed by atoms with Crippen molar-refractivity contribution in [2.45, 2.75) is 12.8 Å². The van der Waals surface area contributed by atoms with Crippen molar-refractivity contribution in [1.82, 2.24) is 4.98 Å². The van der Waals surface area contributed by atoms with Crippen molar-refractivity contribution in [2.24, 2.45) is 5.92 Å². The van der Waals surface area contributed by atoms with Gasteiger partial charge in [-0.3, -0.25) is 9.78 Å². The van der Waals surface area contributed by atoms with Crippen LogP contribution in [0.1, 0.15) is 18.5 Å². The zero-order chi connectivity index (χ0) is 9.10. The Labute approximate surface area is 77.3 Å². The molecule has 0 spiro atoms. The van der Waals surface area contributed by atoms with Gasteiger partial charge in [0.15, 0.2) is 0 Å². The summed E-state index contributed by atoms with van der Waals surface area (Å²) in [5, 5.41) is 0. The second-order valence-corrected chi connectivity index (χ2v) is 3.25. The van der Waals surface area contributed by atoms with Crippen molar-refractivity contribution in [3.05, 3.63) is 36.2 Å². The number of rotatable bonds is 3. The standard InChI is InChI=1S/C11H11NO/c13-8-6-10(9-4-5-9)11-3-1-2-7-12-11/h1-3,6-9H,4-5H2/b10-6+. The Hall–Kier alpha value is -1.44. The van der Waals surface area contributed by atoms with E-state index in [1.54, 1.807) is 12.3 Å². The largest absolute Gasteiger partial charge is 0.299 e. The lowest BCUT2D eigenvalue weighted by molar-refractivity contribution is -0.104. The minimum Gasteiger partial charge on any atom is -0.299 e. The highest BCUT2D eigenvalue weighted by Gasteiger charge is 2.27. The first kappa shape index (κ1) is 8.17. The summed E-state index contributed by atoms with van der Waals surface area (Å²) in [4.78, 5) is 14.6. The number of carbonyl (C=O) groups is 1. The Kier molecular flexibility index (Phi) is 2.21. The number of allylic oxidation sites excluding steroid dienone is 2. The molecule has 0 unspecified atom stereocenters. The zero-order valence-corrected chi connectivity index (χ0v) is 7.31. The predicted octanol–water partition coefficient (Wildman–Crippen LogP) is 2.07. The summed E-state index contributed by atoms with van der Waals surface area (Å²) in [5.74, 6) is 0.570. The van der Waals surface area contributed by atoms with Crippen LogP contribution in [-0.2, 0) is 4.79 Å². The number of aldehydes is 1. The summed E-state index contributed by atoms with van der Waals surface area (Å²) in [6.07, 6.45) is 6.63. The van der Waals surface area contributed by atoms with E-state index in [-0.39, 0.29) is 0 Å². The van der Waals surface area contributed by atoms with Gasteiger partial charge < -0.3 is 0 Å². The highest BCUT2D eigenvalue weighted by atomic mass is 16.1. The maximum Gasteiger partial charge on any atom is 0.143 e. The van der Waals surface area contributed by atoms with Crippen LogP contribution in [0.15, 0.2) is 30.5 Å². The molecular weight excluding hydrogens is 162 g/mol. The van der Waals surface area contributed by atoms with Gasteiger partial charge in [0.25, 0.3) is 0 Å². The molecule has 0 aromatic carbocycles. The molecule has 13 heavy (non-hydrogen) atoms. The molecule has 2 rings (SSSR count). The summed E-state index contributed by atoms with van der Waals surface area (Å²) in [7, 11) is 0. The summed E-state index contributed by atoms with van der Waals surface area (Å²) in [6.45, 7) is 0. The minimum absolute atomic E-state index is 0.570. The monoisotopic (exact) mass is 173 g/mol. The van der Waals surface area contributed by atoms with Gasteiger partial charge in [-0.05, 0) is 42.5 Å². The van der Waals surface area contributed by atoms with Crippen LogP contribution >= 0.6 is 0 Å². The maximum atomic E-state index is 10.4. The molecule has 1 heterocycles. The van der Waals surface area contributed by atoms with Crippen LogP contribution in [0, 0.1) is 5.92 Å². The Morgan fingerprint density at radius 2 is 2.31 bits per heavy atom. The maximum absolute atomic E-state index is 10.4. The van der Waals surface area contributed by atoms with Crippen LogP contribution in [0.5, 0.6) is 0 Å². The molecule has 66 valence electrons. The molecule has 1 aromatic rings. The third-order valence-electron chi connectivity index (χ3n) is 2.23. The third-order valence-corrected chi connectivity index (χ3v) is 2.23. The van der Waals surface area contributed by atoms with Crippen LogP contribution in [0.3, 0.4) is 0 Å². The van der Waals surface area contributed by atoms with Gasteiger partial charge in [0.2, 0.25) is 0 Å². The first-order chi connectivity index (χ1) is 6.42. The second-order valence-electron chi connectivity index (χ2n) is 3.25. The average molecular weight is 173 g/mol. The molecule has 1 saturated carbocycles. The fourth-order valence-corrected chi connectivity index (χ4v) is 1.43. The van der Waals surface area contributed by atoms with Gasteiger partial charge in [-0.1, -0.05) is 6.07 Å². The van der Waals surface area contributed by atoms with Gasteiger partial charge in [0.1, 0.15) is 6.29 Å². The van der Waals surface area contributed by atoms with Crippen molar-refractivity contribution < 1.29 is 4.79 Å². The molecule has 0 N–H and O–H groups in total. The fraction of sp³-hybridized carbons (Fsp3) is 0.273. The molecule has 2 nitrogen and oxygen atoms in total. The zero-order valence-electron chi connectivity index (χ0n) is 7.31. The Morgan fingerprint density at radius 1 is 1.46 bits per heavy atom. The van der Waals surface area contributed by atoms with Crippen molar-refractivity contribution in [1.29, 1.82) is 0 Å². The van der Waals surface area contributed by atoms with Crippen LogP contribution in [0.25, 0.3) is 5.57 Å². The normalized spacial score (nSPS) is 17.1.